The molecule has 4 heteroatoms. The van der Waals surface area contributed by atoms with E-state index in [0.717, 1.165) is 33.5 Å². The van der Waals surface area contributed by atoms with Gasteiger partial charge in [-0.1, -0.05) is 36.4 Å². The largest absolute Gasteiger partial charge is 0.456 e. The number of hydrogen-bond acceptors (Lipinski definition) is 3. The summed E-state index contributed by atoms with van der Waals surface area (Å²) in [6.45, 7) is 7.83. The van der Waals surface area contributed by atoms with Gasteiger partial charge in [0.15, 0.2) is 5.43 Å². The van der Waals surface area contributed by atoms with Gasteiger partial charge in [-0.15, -0.1) is 0 Å². The van der Waals surface area contributed by atoms with Crippen molar-refractivity contribution in [2.75, 3.05) is 5.32 Å². The molecule has 1 amide bonds. The van der Waals surface area contributed by atoms with Crippen LogP contribution in [0.1, 0.15) is 32.6 Å². The van der Waals surface area contributed by atoms with Crippen molar-refractivity contribution in [2.24, 2.45) is 0 Å². The molecule has 4 nitrogen and oxygen atoms in total. The molecule has 0 radical (unpaired) electrons. The smallest absolute Gasteiger partial charge is 0.255 e. The fourth-order valence-electron chi connectivity index (χ4n) is 3.73. The van der Waals surface area contributed by atoms with Gasteiger partial charge in [0.05, 0.1) is 5.39 Å². The van der Waals surface area contributed by atoms with Gasteiger partial charge in [0.25, 0.3) is 5.91 Å². The second-order valence-electron chi connectivity index (χ2n) is 7.73. The minimum Gasteiger partial charge on any atom is -0.456 e. The first-order valence-electron chi connectivity index (χ1n) is 9.86. The van der Waals surface area contributed by atoms with Gasteiger partial charge in [-0.05, 0) is 68.1 Å². The monoisotopic (exact) mass is 397 g/mol. The average Bonchev–Trinajstić information content (AvgIpc) is 2.71. The van der Waals surface area contributed by atoms with Crippen molar-refractivity contribution >= 4 is 22.6 Å². The lowest BCUT2D eigenvalue weighted by molar-refractivity contribution is 0.102. The van der Waals surface area contributed by atoms with Gasteiger partial charge in [0, 0.05) is 22.9 Å². The van der Waals surface area contributed by atoms with E-state index in [1.54, 1.807) is 24.3 Å². The van der Waals surface area contributed by atoms with Crippen LogP contribution < -0.4 is 10.7 Å². The first kappa shape index (κ1) is 19.6. The summed E-state index contributed by atoms with van der Waals surface area (Å²) in [5, 5.41) is 3.57. The number of benzene rings is 3. The molecular formula is C26H23NO3. The van der Waals surface area contributed by atoms with E-state index in [9.17, 15) is 9.59 Å². The summed E-state index contributed by atoms with van der Waals surface area (Å²) in [6, 6.07) is 18.3. The van der Waals surface area contributed by atoms with E-state index in [-0.39, 0.29) is 11.3 Å². The SMILES string of the molecule is Cc1cc(C)c2oc(-c3ccc(C(=O)Nc4c(C)cccc4C)cc3)cc(=O)c2c1. The van der Waals surface area contributed by atoms with Crippen molar-refractivity contribution < 1.29 is 9.21 Å². The zero-order valence-electron chi connectivity index (χ0n) is 17.5. The van der Waals surface area contributed by atoms with E-state index in [4.69, 9.17) is 4.42 Å². The second-order valence-corrected chi connectivity index (χ2v) is 7.73. The van der Waals surface area contributed by atoms with Gasteiger partial charge < -0.3 is 9.73 Å². The predicted molar refractivity (Wildman–Crippen MR) is 121 cm³/mol. The highest BCUT2D eigenvalue weighted by atomic mass is 16.3. The van der Waals surface area contributed by atoms with Crippen LogP contribution in [0.5, 0.6) is 0 Å². The summed E-state index contributed by atoms with van der Waals surface area (Å²) in [7, 11) is 0. The molecule has 150 valence electrons. The molecule has 1 aromatic heterocycles. The fourth-order valence-corrected chi connectivity index (χ4v) is 3.73. The standard InChI is InChI=1S/C26H23NO3/c1-15-12-18(4)25-21(13-15)22(28)14-23(30-25)19-8-10-20(11-9-19)26(29)27-24-16(2)6-5-7-17(24)3/h5-14H,1-4H3,(H,27,29). The molecule has 0 saturated carbocycles. The molecule has 0 atom stereocenters. The maximum atomic E-state index is 12.7. The van der Waals surface area contributed by atoms with Gasteiger partial charge >= 0.3 is 0 Å². The number of anilines is 1. The number of hydrogen-bond donors (Lipinski definition) is 1. The van der Waals surface area contributed by atoms with Crippen LogP contribution in [-0.2, 0) is 0 Å². The van der Waals surface area contributed by atoms with Crippen LogP contribution in [0.4, 0.5) is 5.69 Å². The summed E-state index contributed by atoms with van der Waals surface area (Å²) in [6.07, 6.45) is 0. The predicted octanol–water partition coefficient (Wildman–Crippen LogP) is 5.95. The van der Waals surface area contributed by atoms with Crippen LogP contribution in [0.2, 0.25) is 0 Å². The van der Waals surface area contributed by atoms with E-state index in [2.05, 4.69) is 5.32 Å². The molecule has 4 rings (SSSR count). The topological polar surface area (TPSA) is 59.3 Å². The number of rotatable bonds is 3. The van der Waals surface area contributed by atoms with E-state index >= 15 is 0 Å². The Hall–Kier alpha value is -3.66. The molecule has 0 aliphatic rings. The third-order valence-corrected chi connectivity index (χ3v) is 5.31. The molecule has 0 aliphatic carbocycles. The first-order chi connectivity index (χ1) is 14.3. The number of nitrogens with one attached hydrogen (secondary N) is 1. The van der Waals surface area contributed by atoms with Crippen LogP contribution in [0.3, 0.4) is 0 Å². The van der Waals surface area contributed by atoms with Crippen molar-refractivity contribution in [3.8, 4) is 11.3 Å². The summed E-state index contributed by atoms with van der Waals surface area (Å²) >= 11 is 0. The lowest BCUT2D eigenvalue weighted by Gasteiger charge is -2.12. The van der Waals surface area contributed by atoms with Gasteiger partial charge in [-0.25, -0.2) is 0 Å². The minimum absolute atomic E-state index is 0.0742. The zero-order chi connectivity index (χ0) is 21.4. The van der Waals surface area contributed by atoms with Crippen molar-refractivity contribution in [1.82, 2.24) is 0 Å². The molecule has 0 saturated heterocycles. The maximum Gasteiger partial charge on any atom is 0.255 e. The summed E-state index contributed by atoms with van der Waals surface area (Å²) in [4.78, 5) is 25.3. The highest BCUT2D eigenvalue weighted by molar-refractivity contribution is 6.05. The highest BCUT2D eigenvalue weighted by Crippen LogP contribution is 2.26. The van der Waals surface area contributed by atoms with Gasteiger partial charge in [0.1, 0.15) is 11.3 Å². The third-order valence-electron chi connectivity index (χ3n) is 5.31. The van der Waals surface area contributed by atoms with Gasteiger partial charge in [0.2, 0.25) is 0 Å². The normalized spacial score (nSPS) is 10.9. The first-order valence-corrected chi connectivity index (χ1v) is 9.86. The third kappa shape index (κ3) is 3.64. The van der Waals surface area contributed by atoms with Crippen molar-refractivity contribution in [2.45, 2.75) is 27.7 Å². The van der Waals surface area contributed by atoms with Crippen molar-refractivity contribution in [1.29, 1.82) is 0 Å². The molecule has 0 fully saturated rings. The Balaban J connectivity index is 1.65. The van der Waals surface area contributed by atoms with Gasteiger partial charge in [-0.3, -0.25) is 9.59 Å². The zero-order valence-corrected chi connectivity index (χ0v) is 17.5. The van der Waals surface area contributed by atoms with Crippen LogP contribution >= 0.6 is 0 Å². The highest BCUT2D eigenvalue weighted by Gasteiger charge is 2.12. The lowest BCUT2D eigenvalue weighted by atomic mass is 10.0. The summed E-state index contributed by atoms with van der Waals surface area (Å²) in [5.74, 6) is 0.311. The van der Waals surface area contributed by atoms with Crippen LogP contribution in [0.15, 0.2) is 69.9 Å². The number of aryl methyl sites for hydroxylation is 4. The Bertz CT molecular complexity index is 1310. The average molecular weight is 397 g/mol. The number of fused-ring (bicyclic) bond motifs is 1. The quantitative estimate of drug-likeness (QED) is 0.465. The molecule has 3 aromatic carbocycles. The van der Waals surface area contributed by atoms with E-state index in [0.29, 0.717) is 22.3 Å². The lowest BCUT2D eigenvalue weighted by Crippen LogP contribution is -2.13. The fraction of sp³-hybridized carbons (Fsp3) is 0.154. The van der Waals surface area contributed by atoms with Crippen LogP contribution in [-0.4, -0.2) is 5.91 Å². The molecule has 30 heavy (non-hydrogen) atoms. The number of carbonyl (C=O) groups is 1. The molecule has 1 heterocycles. The Labute approximate surface area is 175 Å². The summed E-state index contributed by atoms with van der Waals surface area (Å²) in [5.41, 5.74) is 6.63. The number of carbonyl (C=O) groups excluding carboxylic acids is 1. The summed E-state index contributed by atoms with van der Waals surface area (Å²) < 4.78 is 6.04. The Morgan fingerprint density at radius 1 is 0.833 bits per heavy atom. The van der Waals surface area contributed by atoms with Crippen molar-refractivity contribution in [3.05, 3.63) is 98.7 Å². The molecule has 0 aliphatic heterocycles. The minimum atomic E-state index is -0.176. The van der Waals surface area contributed by atoms with E-state index < -0.39 is 0 Å². The Morgan fingerprint density at radius 2 is 1.50 bits per heavy atom. The number of para-hydroxylation sites is 1. The maximum absolute atomic E-state index is 12.7. The van der Waals surface area contributed by atoms with E-state index in [1.807, 2.05) is 58.0 Å². The molecule has 0 bridgehead atoms. The number of amides is 1. The Morgan fingerprint density at radius 3 is 2.17 bits per heavy atom. The van der Waals surface area contributed by atoms with Crippen LogP contribution in [0, 0.1) is 27.7 Å². The molecule has 0 spiro atoms. The molecule has 1 N–H and O–H groups in total. The molecular weight excluding hydrogens is 374 g/mol. The van der Waals surface area contributed by atoms with Crippen molar-refractivity contribution in [3.63, 3.8) is 0 Å². The van der Waals surface area contributed by atoms with E-state index in [1.165, 1.54) is 6.07 Å². The second kappa shape index (κ2) is 7.64. The molecule has 4 aromatic rings. The Kier molecular flexibility index (Phi) is 5.00. The van der Waals surface area contributed by atoms with Crippen LogP contribution in [0.25, 0.3) is 22.3 Å². The molecule has 0 unspecified atom stereocenters. The van der Waals surface area contributed by atoms with Gasteiger partial charge in [-0.2, -0.15) is 0 Å².